The third-order valence-corrected chi connectivity index (χ3v) is 2.17. The maximum absolute atomic E-state index is 11.5. The van der Waals surface area contributed by atoms with Crippen molar-refractivity contribution in [3.05, 3.63) is 12.4 Å². The van der Waals surface area contributed by atoms with Crippen molar-refractivity contribution in [1.82, 2.24) is 20.4 Å². The molecule has 9 heteroatoms. The van der Waals surface area contributed by atoms with Crippen molar-refractivity contribution in [3.63, 3.8) is 0 Å². The molecule has 1 aromatic heterocycles. The topological polar surface area (TPSA) is 125 Å². The largest absolute Gasteiger partial charge is 0.480 e. The summed E-state index contributed by atoms with van der Waals surface area (Å²) in [4.78, 5) is 33.2. The predicted molar refractivity (Wildman–Crippen MR) is 70.2 cm³/mol. The molecule has 0 unspecified atom stereocenters. The molecule has 0 aliphatic heterocycles. The van der Waals surface area contributed by atoms with E-state index in [4.69, 9.17) is 5.11 Å². The van der Waals surface area contributed by atoms with Gasteiger partial charge in [-0.3, -0.25) is 14.3 Å². The Bertz CT molecular complexity index is 485. The number of carbonyl (C=O) groups excluding carboxylic acids is 2. The quantitative estimate of drug-likeness (QED) is 0.542. The van der Waals surface area contributed by atoms with Gasteiger partial charge < -0.3 is 21.1 Å². The van der Waals surface area contributed by atoms with E-state index in [2.05, 4.69) is 21.0 Å². The smallest absolute Gasteiger partial charge is 0.325 e. The number of rotatable bonds is 7. The summed E-state index contributed by atoms with van der Waals surface area (Å²) in [5.41, 5.74) is 0.345. The van der Waals surface area contributed by atoms with Crippen molar-refractivity contribution >= 4 is 23.6 Å². The first-order valence-electron chi connectivity index (χ1n) is 6.07. The van der Waals surface area contributed by atoms with E-state index in [9.17, 15) is 14.4 Å². The van der Waals surface area contributed by atoms with Gasteiger partial charge in [-0.1, -0.05) is 6.92 Å². The van der Waals surface area contributed by atoms with E-state index in [0.29, 0.717) is 12.2 Å². The van der Waals surface area contributed by atoms with Crippen LogP contribution < -0.4 is 16.0 Å². The second-order valence-electron chi connectivity index (χ2n) is 3.98. The molecule has 1 heterocycles. The number of amides is 3. The molecule has 3 amide bonds. The van der Waals surface area contributed by atoms with E-state index in [1.807, 2.05) is 6.92 Å². The molecule has 20 heavy (non-hydrogen) atoms. The zero-order valence-electron chi connectivity index (χ0n) is 11.0. The molecule has 0 aliphatic rings. The Morgan fingerprint density at radius 1 is 1.35 bits per heavy atom. The van der Waals surface area contributed by atoms with Crippen molar-refractivity contribution in [1.29, 1.82) is 0 Å². The Hall–Kier alpha value is -2.58. The van der Waals surface area contributed by atoms with Gasteiger partial charge in [-0.25, -0.2) is 4.79 Å². The van der Waals surface area contributed by atoms with Crippen LogP contribution in [0.15, 0.2) is 12.4 Å². The molecule has 0 saturated carbocycles. The first-order valence-corrected chi connectivity index (χ1v) is 6.07. The monoisotopic (exact) mass is 283 g/mol. The van der Waals surface area contributed by atoms with Crippen LogP contribution in [0.2, 0.25) is 0 Å². The van der Waals surface area contributed by atoms with E-state index >= 15 is 0 Å². The molecule has 0 atom stereocenters. The molecule has 9 nitrogen and oxygen atoms in total. The van der Waals surface area contributed by atoms with Crippen LogP contribution in [-0.2, 0) is 16.1 Å². The molecule has 0 bridgehead atoms. The van der Waals surface area contributed by atoms with Gasteiger partial charge in [-0.15, -0.1) is 0 Å². The van der Waals surface area contributed by atoms with Crippen molar-refractivity contribution < 1.29 is 19.5 Å². The van der Waals surface area contributed by atoms with Crippen LogP contribution in [0.25, 0.3) is 0 Å². The second-order valence-corrected chi connectivity index (χ2v) is 3.98. The standard InChI is InChI=1S/C11H17N5O4/c1-2-3-12-9(17)5-13-11(20)15-8-4-14-16(6-8)7-10(18)19/h4,6H,2-3,5,7H2,1H3,(H,12,17)(H,18,19)(H2,13,15,20). The van der Waals surface area contributed by atoms with Crippen LogP contribution in [0.3, 0.4) is 0 Å². The molecule has 0 spiro atoms. The molecule has 1 rings (SSSR count). The zero-order valence-corrected chi connectivity index (χ0v) is 11.0. The van der Waals surface area contributed by atoms with E-state index in [0.717, 1.165) is 6.42 Å². The summed E-state index contributed by atoms with van der Waals surface area (Å²) < 4.78 is 1.17. The Kier molecular flexibility index (Phi) is 6.01. The molecular formula is C11H17N5O4. The Morgan fingerprint density at radius 3 is 2.75 bits per heavy atom. The lowest BCUT2D eigenvalue weighted by molar-refractivity contribution is -0.137. The number of anilines is 1. The van der Waals surface area contributed by atoms with Crippen LogP contribution in [0.5, 0.6) is 0 Å². The number of nitrogens with zero attached hydrogens (tertiary/aromatic N) is 2. The third kappa shape index (κ3) is 5.85. The number of carbonyl (C=O) groups is 3. The van der Waals surface area contributed by atoms with Gasteiger partial charge in [0.05, 0.1) is 18.4 Å². The maximum atomic E-state index is 11.5. The fourth-order valence-electron chi connectivity index (χ4n) is 1.32. The lowest BCUT2D eigenvalue weighted by Gasteiger charge is -2.06. The first-order chi connectivity index (χ1) is 9.51. The molecule has 0 fully saturated rings. The van der Waals surface area contributed by atoms with Gasteiger partial charge in [0.2, 0.25) is 5.91 Å². The van der Waals surface area contributed by atoms with Crippen molar-refractivity contribution in [3.8, 4) is 0 Å². The number of carboxylic acids is 1. The number of nitrogens with one attached hydrogen (secondary N) is 3. The van der Waals surface area contributed by atoms with Crippen molar-refractivity contribution in [2.75, 3.05) is 18.4 Å². The lowest BCUT2D eigenvalue weighted by Crippen LogP contribution is -2.39. The Morgan fingerprint density at radius 2 is 2.10 bits per heavy atom. The van der Waals surface area contributed by atoms with Gasteiger partial charge >= 0.3 is 12.0 Å². The number of aliphatic carboxylic acids is 1. The fourth-order valence-corrected chi connectivity index (χ4v) is 1.32. The highest BCUT2D eigenvalue weighted by atomic mass is 16.4. The maximum Gasteiger partial charge on any atom is 0.325 e. The van der Waals surface area contributed by atoms with E-state index in [1.165, 1.54) is 17.1 Å². The molecular weight excluding hydrogens is 266 g/mol. The van der Waals surface area contributed by atoms with Gasteiger partial charge in [-0.2, -0.15) is 5.10 Å². The molecule has 0 aromatic carbocycles. The van der Waals surface area contributed by atoms with Gasteiger partial charge in [0, 0.05) is 12.7 Å². The average Bonchev–Trinajstić information content (AvgIpc) is 2.80. The molecule has 110 valence electrons. The summed E-state index contributed by atoms with van der Waals surface area (Å²) in [6.07, 6.45) is 3.52. The second kappa shape index (κ2) is 7.77. The van der Waals surface area contributed by atoms with Gasteiger partial charge in [0.1, 0.15) is 6.54 Å². The normalized spacial score (nSPS) is 9.85. The van der Waals surface area contributed by atoms with Crippen LogP contribution in [0, 0.1) is 0 Å². The molecule has 0 radical (unpaired) electrons. The highest BCUT2D eigenvalue weighted by molar-refractivity contribution is 5.92. The summed E-state index contributed by atoms with van der Waals surface area (Å²) in [7, 11) is 0. The predicted octanol–water partition coefficient (Wildman–Crippen LogP) is -0.385. The lowest BCUT2D eigenvalue weighted by atomic mass is 10.4. The summed E-state index contributed by atoms with van der Waals surface area (Å²) >= 11 is 0. The summed E-state index contributed by atoms with van der Waals surface area (Å²) in [6.45, 7) is 2.07. The number of urea groups is 1. The first kappa shape index (κ1) is 15.5. The minimum absolute atomic E-state index is 0.130. The minimum Gasteiger partial charge on any atom is -0.480 e. The number of carboxylic acid groups (broad SMARTS) is 1. The minimum atomic E-state index is -1.03. The highest BCUT2D eigenvalue weighted by Gasteiger charge is 2.07. The fraction of sp³-hybridized carbons (Fsp3) is 0.455. The van der Waals surface area contributed by atoms with Crippen molar-refractivity contribution in [2.45, 2.75) is 19.9 Å². The molecule has 0 aliphatic carbocycles. The molecule has 0 saturated heterocycles. The summed E-state index contributed by atoms with van der Waals surface area (Å²) in [5.74, 6) is -1.31. The molecule has 4 N–H and O–H groups in total. The summed E-state index contributed by atoms with van der Waals surface area (Å²) in [6, 6.07) is -0.563. The Labute approximate surface area is 115 Å². The van der Waals surface area contributed by atoms with Gasteiger partial charge in [0.15, 0.2) is 0 Å². The van der Waals surface area contributed by atoms with Crippen LogP contribution in [0.1, 0.15) is 13.3 Å². The van der Waals surface area contributed by atoms with E-state index < -0.39 is 12.0 Å². The van der Waals surface area contributed by atoms with Crippen molar-refractivity contribution in [2.24, 2.45) is 0 Å². The SMILES string of the molecule is CCCNC(=O)CNC(=O)Nc1cnn(CC(=O)O)c1. The van der Waals surface area contributed by atoms with Gasteiger partial charge in [0.25, 0.3) is 0 Å². The Balaban J connectivity index is 2.33. The summed E-state index contributed by atoms with van der Waals surface area (Å²) in [5, 5.41) is 19.8. The zero-order chi connectivity index (χ0) is 15.0. The number of aromatic nitrogens is 2. The third-order valence-electron chi connectivity index (χ3n) is 2.17. The van der Waals surface area contributed by atoms with Crippen LogP contribution >= 0.6 is 0 Å². The van der Waals surface area contributed by atoms with E-state index in [1.54, 1.807) is 0 Å². The van der Waals surface area contributed by atoms with E-state index in [-0.39, 0.29) is 19.0 Å². The van der Waals surface area contributed by atoms with Gasteiger partial charge in [-0.05, 0) is 6.42 Å². The van der Waals surface area contributed by atoms with Crippen LogP contribution in [-0.4, -0.2) is 45.9 Å². The molecule has 1 aromatic rings. The van der Waals surface area contributed by atoms with Crippen LogP contribution in [0.4, 0.5) is 10.5 Å². The number of hydrogen-bond donors (Lipinski definition) is 4. The highest BCUT2D eigenvalue weighted by Crippen LogP contribution is 2.03. The average molecular weight is 283 g/mol. The number of hydrogen-bond acceptors (Lipinski definition) is 4.